The van der Waals surface area contributed by atoms with E-state index in [0.717, 1.165) is 24.5 Å². The zero-order valence-electron chi connectivity index (χ0n) is 18.6. The fraction of sp³-hybridized carbons (Fsp3) is 0.400. The maximum Gasteiger partial charge on any atom is 0.327 e. The van der Waals surface area contributed by atoms with Gasteiger partial charge in [-0.2, -0.15) is 0 Å². The van der Waals surface area contributed by atoms with Crippen LogP contribution in [0.3, 0.4) is 0 Å². The van der Waals surface area contributed by atoms with Gasteiger partial charge in [0.1, 0.15) is 0 Å². The van der Waals surface area contributed by atoms with Crippen LogP contribution in [0.5, 0.6) is 17.2 Å². The molecule has 6 nitrogen and oxygen atoms in total. The van der Waals surface area contributed by atoms with Crippen LogP contribution in [-0.2, 0) is 16.0 Å². The Kier molecular flexibility index (Phi) is 10.5. The topological polar surface area (TPSA) is 85.2 Å². The standard InChI is InChI=1S/C25H31FO6/c1-3-5-14-31-24-17-19(22(30-4-2)7-6-8-25(28)29)10-12-23(24)32-15-13-18-9-11-21(27)20(26)16-18/h6,8-12,16-17,22,27H,3-5,7,13-15H2,1-2H3,(H,28,29). The predicted octanol–water partition coefficient (Wildman–Crippen LogP) is 5.44. The lowest BCUT2D eigenvalue weighted by Crippen LogP contribution is -2.07. The summed E-state index contributed by atoms with van der Waals surface area (Å²) in [5, 5.41) is 18.1. The van der Waals surface area contributed by atoms with Gasteiger partial charge in [0, 0.05) is 19.1 Å². The van der Waals surface area contributed by atoms with E-state index in [1.54, 1.807) is 18.2 Å². The quantitative estimate of drug-likeness (QED) is 0.297. The number of halogens is 1. The zero-order valence-corrected chi connectivity index (χ0v) is 18.6. The van der Waals surface area contributed by atoms with Crippen LogP contribution in [0.1, 0.15) is 50.3 Å². The van der Waals surface area contributed by atoms with E-state index in [0.29, 0.717) is 49.7 Å². The molecular formula is C25H31FO6. The number of unbranched alkanes of at least 4 members (excludes halogenated alkanes) is 1. The Morgan fingerprint density at radius 2 is 1.88 bits per heavy atom. The van der Waals surface area contributed by atoms with E-state index < -0.39 is 11.8 Å². The van der Waals surface area contributed by atoms with Gasteiger partial charge in [0.2, 0.25) is 0 Å². The predicted molar refractivity (Wildman–Crippen MR) is 120 cm³/mol. The molecule has 32 heavy (non-hydrogen) atoms. The summed E-state index contributed by atoms with van der Waals surface area (Å²) in [6, 6.07) is 9.81. The first-order valence-electron chi connectivity index (χ1n) is 10.8. The number of ether oxygens (including phenoxy) is 3. The molecule has 0 heterocycles. The number of phenols is 1. The van der Waals surface area contributed by atoms with E-state index in [2.05, 4.69) is 6.92 Å². The molecule has 2 aromatic carbocycles. The lowest BCUT2D eigenvalue weighted by molar-refractivity contribution is -0.131. The van der Waals surface area contributed by atoms with E-state index in [4.69, 9.17) is 19.3 Å². The molecule has 0 saturated heterocycles. The van der Waals surface area contributed by atoms with E-state index >= 15 is 0 Å². The number of carboxylic acids is 1. The van der Waals surface area contributed by atoms with Gasteiger partial charge in [-0.15, -0.1) is 0 Å². The smallest absolute Gasteiger partial charge is 0.327 e. The minimum absolute atomic E-state index is 0.307. The van der Waals surface area contributed by atoms with Crippen molar-refractivity contribution in [1.29, 1.82) is 0 Å². The molecule has 174 valence electrons. The second kappa shape index (κ2) is 13.4. The molecule has 0 bridgehead atoms. The number of aliphatic carboxylic acids is 1. The fourth-order valence-electron chi connectivity index (χ4n) is 3.06. The van der Waals surface area contributed by atoms with Gasteiger partial charge in [-0.3, -0.25) is 0 Å². The van der Waals surface area contributed by atoms with Crippen molar-refractivity contribution < 1.29 is 33.6 Å². The largest absolute Gasteiger partial charge is 0.505 e. The molecule has 2 aromatic rings. The molecule has 1 atom stereocenters. The van der Waals surface area contributed by atoms with Crippen molar-refractivity contribution in [2.75, 3.05) is 19.8 Å². The van der Waals surface area contributed by atoms with Gasteiger partial charge in [-0.1, -0.05) is 31.6 Å². The van der Waals surface area contributed by atoms with E-state index in [1.807, 2.05) is 19.1 Å². The molecule has 0 spiro atoms. The van der Waals surface area contributed by atoms with Gasteiger partial charge in [0.25, 0.3) is 0 Å². The highest BCUT2D eigenvalue weighted by atomic mass is 19.1. The van der Waals surface area contributed by atoms with Crippen LogP contribution in [0.2, 0.25) is 0 Å². The highest BCUT2D eigenvalue weighted by molar-refractivity contribution is 5.79. The van der Waals surface area contributed by atoms with Crippen molar-refractivity contribution >= 4 is 5.97 Å². The second-order valence-electron chi connectivity index (χ2n) is 7.21. The average Bonchev–Trinajstić information content (AvgIpc) is 2.76. The lowest BCUT2D eigenvalue weighted by Gasteiger charge is -2.19. The number of phenolic OH excluding ortho intramolecular Hbond substituents is 1. The Bertz CT molecular complexity index is 896. The molecule has 1 unspecified atom stereocenters. The summed E-state index contributed by atoms with van der Waals surface area (Å²) in [7, 11) is 0. The minimum atomic E-state index is -0.999. The van der Waals surface area contributed by atoms with Crippen LogP contribution in [0, 0.1) is 5.82 Å². The number of benzene rings is 2. The lowest BCUT2D eigenvalue weighted by atomic mass is 10.1. The van der Waals surface area contributed by atoms with Crippen LogP contribution < -0.4 is 9.47 Å². The number of carboxylic acid groups (broad SMARTS) is 1. The summed E-state index contributed by atoms with van der Waals surface area (Å²) >= 11 is 0. The Morgan fingerprint density at radius 3 is 2.56 bits per heavy atom. The molecule has 7 heteroatoms. The Labute approximate surface area is 188 Å². The van der Waals surface area contributed by atoms with Gasteiger partial charge >= 0.3 is 5.97 Å². The third-order valence-electron chi connectivity index (χ3n) is 4.73. The SMILES string of the molecule is CCCCOc1cc(C(CC=CC(=O)O)OCC)ccc1OCCc1ccc(O)c(F)c1. The molecule has 0 radical (unpaired) electrons. The summed E-state index contributed by atoms with van der Waals surface area (Å²) in [6.45, 7) is 5.30. The van der Waals surface area contributed by atoms with Crippen molar-refractivity contribution in [3.63, 3.8) is 0 Å². The van der Waals surface area contributed by atoms with Gasteiger partial charge in [0.15, 0.2) is 23.1 Å². The van der Waals surface area contributed by atoms with Gasteiger partial charge in [-0.05, 0) is 55.2 Å². The van der Waals surface area contributed by atoms with Crippen molar-refractivity contribution in [1.82, 2.24) is 0 Å². The van der Waals surface area contributed by atoms with E-state index in [1.165, 1.54) is 12.1 Å². The summed E-state index contributed by atoms with van der Waals surface area (Å²) in [4.78, 5) is 10.8. The maximum absolute atomic E-state index is 13.5. The van der Waals surface area contributed by atoms with E-state index in [-0.39, 0.29) is 11.9 Å². The Hall–Kier alpha value is -3.06. The fourth-order valence-corrected chi connectivity index (χ4v) is 3.06. The van der Waals surface area contributed by atoms with Crippen molar-refractivity contribution in [3.8, 4) is 17.2 Å². The average molecular weight is 447 g/mol. The summed E-state index contributed by atoms with van der Waals surface area (Å²) in [5.74, 6) is -0.880. The number of hydrogen-bond donors (Lipinski definition) is 2. The van der Waals surface area contributed by atoms with Gasteiger partial charge in [0.05, 0.1) is 19.3 Å². The molecule has 0 saturated carbocycles. The molecule has 0 aromatic heterocycles. The number of rotatable bonds is 14. The third kappa shape index (κ3) is 8.23. The molecule has 0 fully saturated rings. The molecule has 0 aliphatic rings. The maximum atomic E-state index is 13.5. The number of carbonyl (C=O) groups is 1. The van der Waals surface area contributed by atoms with Crippen molar-refractivity contribution in [2.24, 2.45) is 0 Å². The van der Waals surface area contributed by atoms with Crippen LogP contribution in [-0.4, -0.2) is 36.0 Å². The van der Waals surface area contributed by atoms with Gasteiger partial charge in [-0.25, -0.2) is 9.18 Å². The monoisotopic (exact) mass is 446 g/mol. The van der Waals surface area contributed by atoms with Crippen molar-refractivity contribution in [2.45, 2.75) is 45.6 Å². The van der Waals surface area contributed by atoms with Crippen LogP contribution in [0.4, 0.5) is 4.39 Å². The third-order valence-corrected chi connectivity index (χ3v) is 4.73. The van der Waals surface area contributed by atoms with Crippen molar-refractivity contribution in [3.05, 3.63) is 65.5 Å². The first-order chi connectivity index (χ1) is 15.4. The number of hydrogen-bond acceptors (Lipinski definition) is 5. The van der Waals surface area contributed by atoms with Crippen LogP contribution in [0.15, 0.2) is 48.6 Å². The molecule has 0 aliphatic carbocycles. The highest BCUT2D eigenvalue weighted by Crippen LogP contribution is 2.33. The first kappa shape index (κ1) is 25.2. The molecule has 0 aliphatic heterocycles. The Balaban J connectivity index is 2.13. The number of aromatic hydroxyl groups is 1. The Morgan fingerprint density at radius 1 is 1.09 bits per heavy atom. The first-order valence-corrected chi connectivity index (χ1v) is 10.8. The van der Waals surface area contributed by atoms with Crippen LogP contribution >= 0.6 is 0 Å². The molecule has 2 rings (SSSR count). The zero-order chi connectivity index (χ0) is 23.3. The summed E-state index contributed by atoms with van der Waals surface area (Å²) in [6.07, 6.45) is 5.14. The summed E-state index contributed by atoms with van der Waals surface area (Å²) in [5.41, 5.74) is 1.58. The molecule has 2 N–H and O–H groups in total. The van der Waals surface area contributed by atoms with Gasteiger partial charge < -0.3 is 24.4 Å². The summed E-state index contributed by atoms with van der Waals surface area (Å²) < 4.78 is 31.2. The molecular weight excluding hydrogens is 415 g/mol. The minimum Gasteiger partial charge on any atom is -0.505 e. The molecule has 0 amide bonds. The highest BCUT2D eigenvalue weighted by Gasteiger charge is 2.15. The normalized spacial score (nSPS) is 12.1. The van der Waals surface area contributed by atoms with Crippen LogP contribution in [0.25, 0.3) is 0 Å². The van der Waals surface area contributed by atoms with E-state index in [9.17, 15) is 14.3 Å². The second-order valence-corrected chi connectivity index (χ2v) is 7.21.